The van der Waals surface area contributed by atoms with E-state index < -0.39 is 17.9 Å². The largest absolute Gasteiger partial charge is 0.392 e. The van der Waals surface area contributed by atoms with E-state index in [4.69, 9.17) is 10.5 Å². The zero-order valence-corrected chi connectivity index (χ0v) is 12.5. The van der Waals surface area contributed by atoms with Crippen molar-refractivity contribution in [3.05, 3.63) is 34.9 Å². The molecule has 5 nitrogen and oxygen atoms in total. The van der Waals surface area contributed by atoms with Crippen LogP contribution in [0.5, 0.6) is 0 Å². The van der Waals surface area contributed by atoms with Crippen LogP contribution in [0.4, 0.5) is 0 Å². The van der Waals surface area contributed by atoms with Gasteiger partial charge in [0.1, 0.15) is 0 Å². The van der Waals surface area contributed by atoms with Crippen LogP contribution in [-0.4, -0.2) is 36.9 Å². The molecule has 0 saturated heterocycles. The fraction of sp³-hybridized carbons (Fsp3) is 0.562. The molecule has 2 atom stereocenters. The number of hydrogen-bond donors (Lipinski definition) is 3. The highest BCUT2D eigenvalue weighted by atomic mass is 16.5. The lowest BCUT2D eigenvalue weighted by Crippen LogP contribution is -2.28. The van der Waals surface area contributed by atoms with Crippen LogP contribution in [0.25, 0.3) is 0 Å². The Morgan fingerprint density at radius 2 is 2.33 bits per heavy atom. The number of primary amides is 1. The van der Waals surface area contributed by atoms with E-state index in [1.165, 1.54) is 0 Å². The van der Waals surface area contributed by atoms with Crippen LogP contribution < -0.4 is 11.1 Å². The number of benzene rings is 1. The highest BCUT2D eigenvalue weighted by molar-refractivity contribution is 5.84. The molecule has 0 heterocycles. The van der Waals surface area contributed by atoms with Gasteiger partial charge in [0.25, 0.3) is 0 Å². The fourth-order valence-electron chi connectivity index (χ4n) is 2.80. The normalized spacial score (nSPS) is 20.5. The lowest BCUT2D eigenvalue weighted by atomic mass is 9.97. The van der Waals surface area contributed by atoms with Gasteiger partial charge >= 0.3 is 0 Å². The number of aliphatic hydroxyl groups is 1. The van der Waals surface area contributed by atoms with Crippen LogP contribution in [0.15, 0.2) is 18.2 Å². The molecule has 0 bridgehead atoms. The molecule has 5 heteroatoms. The molecule has 1 aromatic carbocycles. The van der Waals surface area contributed by atoms with Gasteiger partial charge in [-0.15, -0.1) is 0 Å². The Morgan fingerprint density at radius 1 is 1.52 bits per heavy atom. The number of hydrogen-bond acceptors (Lipinski definition) is 4. The number of rotatable bonds is 8. The first-order valence-corrected chi connectivity index (χ1v) is 7.51. The van der Waals surface area contributed by atoms with Crippen molar-refractivity contribution in [2.45, 2.75) is 38.3 Å². The second-order valence-corrected chi connectivity index (χ2v) is 5.41. The van der Waals surface area contributed by atoms with Crippen molar-refractivity contribution in [2.75, 3.05) is 19.8 Å². The zero-order chi connectivity index (χ0) is 15.2. The number of carbonyl (C=O) groups is 1. The van der Waals surface area contributed by atoms with Crippen LogP contribution in [0, 0.1) is 0 Å². The molecule has 21 heavy (non-hydrogen) atoms. The lowest BCUT2D eigenvalue weighted by molar-refractivity contribution is -0.121. The Morgan fingerprint density at radius 3 is 3.05 bits per heavy atom. The molecule has 1 aliphatic carbocycles. The number of carbonyl (C=O) groups excluding carboxylic acids is 1. The molecule has 0 aromatic heterocycles. The molecule has 1 amide bonds. The predicted octanol–water partition coefficient (Wildman–Crippen LogP) is 0.689. The van der Waals surface area contributed by atoms with Gasteiger partial charge in [0, 0.05) is 19.8 Å². The van der Waals surface area contributed by atoms with Crippen LogP contribution in [0.3, 0.4) is 0 Å². The van der Waals surface area contributed by atoms with Gasteiger partial charge < -0.3 is 20.9 Å². The van der Waals surface area contributed by atoms with Crippen molar-refractivity contribution in [2.24, 2.45) is 5.73 Å². The van der Waals surface area contributed by atoms with Crippen LogP contribution in [0.1, 0.15) is 36.0 Å². The standard InChI is InChI=1S/C16H24N2O3/c1-2-21-7-3-6-18-10-11-4-5-12-9-14(19)15(16(17)20)13(12)8-11/h4-5,8,14-15,18-19H,2-3,6-7,9-10H2,1H3,(H2,17,20)/t14-,15-/m1/s1. The Balaban J connectivity index is 1.91. The topological polar surface area (TPSA) is 84.6 Å². The molecular weight excluding hydrogens is 268 g/mol. The van der Waals surface area contributed by atoms with Crippen molar-refractivity contribution in [1.82, 2.24) is 5.32 Å². The second kappa shape index (κ2) is 7.54. The van der Waals surface area contributed by atoms with Gasteiger partial charge in [-0.05, 0) is 43.0 Å². The minimum Gasteiger partial charge on any atom is -0.392 e. The molecule has 0 radical (unpaired) electrons. The average Bonchev–Trinajstić information content (AvgIpc) is 2.78. The van der Waals surface area contributed by atoms with E-state index in [0.29, 0.717) is 6.42 Å². The summed E-state index contributed by atoms with van der Waals surface area (Å²) < 4.78 is 5.28. The van der Waals surface area contributed by atoms with Gasteiger partial charge in [-0.1, -0.05) is 18.2 Å². The van der Waals surface area contributed by atoms with Gasteiger partial charge in [-0.3, -0.25) is 4.79 Å². The van der Waals surface area contributed by atoms with Gasteiger partial charge in [0.2, 0.25) is 5.91 Å². The summed E-state index contributed by atoms with van der Waals surface area (Å²) in [6, 6.07) is 6.00. The van der Waals surface area contributed by atoms with E-state index in [-0.39, 0.29) is 0 Å². The Bertz CT molecular complexity index is 490. The molecule has 1 aliphatic rings. The SMILES string of the molecule is CCOCCCNCc1ccc2c(c1)[C@@H](C(N)=O)[C@H](O)C2. The summed E-state index contributed by atoms with van der Waals surface area (Å²) in [6.45, 7) is 5.13. The Labute approximate surface area is 125 Å². The predicted molar refractivity (Wildman–Crippen MR) is 80.9 cm³/mol. The number of amides is 1. The molecule has 0 saturated carbocycles. The Kier molecular flexibility index (Phi) is 5.73. The molecule has 0 aliphatic heterocycles. The summed E-state index contributed by atoms with van der Waals surface area (Å²) in [5.41, 5.74) is 8.39. The number of nitrogens with two attached hydrogens (primary N) is 1. The number of nitrogens with one attached hydrogen (secondary N) is 1. The van der Waals surface area contributed by atoms with Gasteiger partial charge in [0.15, 0.2) is 0 Å². The van der Waals surface area contributed by atoms with Gasteiger partial charge in [0.05, 0.1) is 12.0 Å². The Hall–Kier alpha value is -1.43. The number of fused-ring (bicyclic) bond motifs is 1. The van der Waals surface area contributed by atoms with E-state index in [9.17, 15) is 9.90 Å². The van der Waals surface area contributed by atoms with E-state index in [0.717, 1.165) is 49.4 Å². The van der Waals surface area contributed by atoms with Crippen LogP contribution in [0.2, 0.25) is 0 Å². The molecule has 1 aromatic rings. The molecule has 0 unspecified atom stereocenters. The zero-order valence-electron chi connectivity index (χ0n) is 12.5. The summed E-state index contributed by atoms with van der Waals surface area (Å²) >= 11 is 0. The van der Waals surface area contributed by atoms with E-state index in [1.54, 1.807) is 0 Å². The lowest BCUT2D eigenvalue weighted by Gasteiger charge is -2.12. The third-order valence-corrected chi connectivity index (χ3v) is 3.84. The minimum atomic E-state index is -0.688. The number of ether oxygens (including phenoxy) is 1. The van der Waals surface area contributed by atoms with E-state index in [1.807, 2.05) is 25.1 Å². The first kappa shape index (κ1) is 15.9. The molecule has 116 valence electrons. The monoisotopic (exact) mass is 292 g/mol. The smallest absolute Gasteiger partial charge is 0.227 e. The highest BCUT2D eigenvalue weighted by Crippen LogP contribution is 2.33. The number of aliphatic hydroxyl groups excluding tert-OH is 1. The van der Waals surface area contributed by atoms with Crippen molar-refractivity contribution in [3.63, 3.8) is 0 Å². The summed E-state index contributed by atoms with van der Waals surface area (Å²) in [6.07, 6.45) is 0.791. The van der Waals surface area contributed by atoms with Crippen molar-refractivity contribution >= 4 is 5.91 Å². The maximum atomic E-state index is 11.5. The third-order valence-electron chi connectivity index (χ3n) is 3.84. The third kappa shape index (κ3) is 4.03. The average molecular weight is 292 g/mol. The summed E-state index contributed by atoms with van der Waals surface area (Å²) in [5, 5.41) is 13.3. The molecular formula is C16H24N2O3. The van der Waals surface area contributed by atoms with Crippen molar-refractivity contribution in [3.8, 4) is 0 Å². The molecule has 0 spiro atoms. The van der Waals surface area contributed by atoms with Crippen molar-refractivity contribution in [1.29, 1.82) is 0 Å². The van der Waals surface area contributed by atoms with Gasteiger partial charge in [-0.25, -0.2) is 0 Å². The molecule has 2 rings (SSSR count). The van der Waals surface area contributed by atoms with Crippen LogP contribution >= 0.6 is 0 Å². The minimum absolute atomic E-state index is 0.455. The summed E-state index contributed by atoms with van der Waals surface area (Å²) in [5.74, 6) is -1.03. The fourth-order valence-corrected chi connectivity index (χ4v) is 2.80. The van der Waals surface area contributed by atoms with Gasteiger partial charge in [-0.2, -0.15) is 0 Å². The summed E-state index contributed by atoms with van der Waals surface area (Å²) in [4.78, 5) is 11.5. The first-order valence-electron chi connectivity index (χ1n) is 7.51. The molecule has 0 fully saturated rings. The highest BCUT2D eigenvalue weighted by Gasteiger charge is 2.35. The van der Waals surface area contributed by atoms with E-state index in [2.05, 4.69) is 5.32 Å². The summed E-state index contributed by atoms with van der Waals surface area (Å²) in [7, 11) is 0. The van der Waals surface area contributed by atoms with Crippen molar-refractivity contribution < 1.29 is 14.6 Å². The maximum absolute atomic E-state index is 11.5. The maximum Gasteiger partial charge on any atom is 0.227 e. The van der Waals surface area contributed by atoms with E-state index >= 15 is 0 Å². The first-order chi connectivity index (χ1) is 10.1. The second-order valence-electron chi connectivity index (χ2n) is 5.41. The van der Waals surface area contributed by atoms with Crippen LogP contribution in [-0.2, 0) is 22.5 Å². The molecule has 4 N–H and O–H groups in total. The quantitative estimate of drug-likeness (QED) is 0.615.